The molecule has 1 N–H and O–H groups in total. The Morgan fingerprint density at radius 2 is 1.97 bits per heavy atom. The van der Waals surface area contributed by atoms with E-state index in [0.29, 0.717) is 25.2 Å². The van der Waals surface area contributed by atoms with Crippen LogP contribution in [-0.4, -0.2) is 81.9 Å². The largest absolute Gasteiger partial charge is 0.449 e. The molecular weight excluding hydrogens is 425 g/mol. The van der Waals surface area contributed by atoms with Crippen LogP contribution in [0.15, 0.2) is 24.3 Å². The number of fused-ring (bicyclic) bond motifs is 1. The zero-order chi connectivity index (χ0) is 22.9. The minimum Gasteiger partial charge on any atom is -0.389 e. The highest BCUT2D eigenvalue weighted by atomic mass is 19.4. The highest BCUT2D eigenvalue weighted by Gasteiger charge is 2.41. The predicted molar refractivity (Wildman–Crippen MR) is 112 cm³/mol. The second-order valence-corrected chi connectivity index (χ2v) is 8.53. The summed E-state index contributed by atoms with van der Waals surface area (Å²) in [5, 5.41) is 10.8. The third kappa shape index (κ3) is 4.62. The van der Waals surface area contributed by atoms with Crippen LogP contribution in [0.1, 0.15) is 31.5 Å². The molecule has 1 aliphatic heterocycles. The van der Waals surface area contributed by atoms with E-state index in [-0.39, 0.29) is 42.9 Å². The van der Waals surface area contributed by atoms with Gasteiger partial charge >= 0.3 is 6.18 Å². The molecule has 1 saturated heterocycles. The summed E-state index contributed by atoms with van der Waals surface area (Å²) in [7, 11) is 1.67. The minimum atomic E-state index is -4.57. The van der Waals surface area contributed by atoms with Crippen molar-refractivity contribution in [2.75, 3.05) is 33.4 Å². The fraction of sp³-hybridized carbons (Fsp3) is 0.636. The van der Waals surface area contributed by atoms with E-state index < -0.39 is 18.1 Å². The normalized spacial score (nSPS) is 24.8. The molecule has 2 aliphatic rings. The molecule has 2 fully saturated rings. The summed E-state index contributed by atoms with van der Waals surface area (Å²) in [6.07, 6.45) is -3.34. The second-order valence-electron chi connectivity index (χ2n) is 8.53. The second kappa shape index (κ2) is 9.36. The fourth-order valence-corrected chi connectivity index (χ4v) is 4.94. The van der Waals surface area contributed by atoms with Crippen LogP contribution in [-0.2, 0) is 22.3 Å². The monoisotopic (exact) mass is 454 g/mol. The van der Waals surface area contributed by atoms with E-state index in [2.05, 4.69) is 9.88 Å². The number of aliphatic hydroxyl groups is 1. The number of likely N-dealkylation sites (N-methyl/N-ethyl adjacent to an activating group) is 1. The quantitative estimate of drug-likeness (QED) is 0.727. The average molecular weight is 454 g/mol. The number of aliphatic hydroxyl groups excluding tert-OH is 1. The molecule has 7 nitrogen and oxygen atoms in total. The molecule has 4 rings (SSSR count). The molecule has 2 aromatic rings. The summed E-state index contributed by atoms with van der Waals surface area (Å²) < 4.78 is 46.8. The Bertz CT molecular complexity index is 942. The van der Waals surface area contributed by atoms with E-state index in [1.165, 1.54) is 0 Å². The molecule has 0 spiro atoms. The third-order valence-corrected chi connectivity index (χ3v) is 6.63. The number of benzene rings is 1. The van der Waals surface area contributed by atoms with Crippen LogP contribution in [0.2, 0.25) is 0 Å². The van der Waals surface area contributed by atoms with Crippen molar-refractivity contribution >= 4 is 16.9 Å². The number of morpholine rings is 1. The zero-order valence-electron chi connectivity index (χ0n) is 18.1. The maximum Gasteiger partial charge on any atom is 0.449 e. The fourth-order valence-electron chi connectivity index (χ4n) is 4.94. The third-order valence-electron chi connectivity index (χ3n) is 6.63. The number of amides is 1. The molecule has 0 bridgehead atoms. The highest BCUT2D eigenvalue weighted by Crippen LogP contribution is 2.32. The van der Waals surface area contributed by atoms with E-state index in [1.54, 1.807) is 36.2 Å². The van der Waals surface area contributed by atoms with Crippen molar-refractivity contribution in [2.24, 2.45) is 0 Å². The maximum atomic E-state index is 13.4. The number of ether oxygens (including phenoxy) is 1. The summed E-state index contributed by atoms with van der Waals surface area (Å²) in [6.45, 7) is 2.87. The van der Waals surface area contributed by atoms with Gasteiger partial charge in [0.25, 0.3) is 0 Å². The van der Waals surface area contributed by atoms with Gasteiger partial charge in [0.1, 0.15) is 0 Å². The number of rotatable bonds is 6. The number of carbonyl (C=O) groups is 1. The van der Waals surface area contributed by atoms with Gasteiger partial charge in [0.05, 0.1) is 36.4 Å². The summed E-state index contributed by atoms with van der Waals surface area (Å²) in [5.74, 6) is -1.12. The minimum absolute atomic E-state index is 0.00538. The van der Waals surface area contributed by atoms with Gasteiger partial charge in [-0.15, -0.1) is 0 Å². The van der Waals surface area contributed by atoms with Crippen LogP contribution < -0.4 is 0 Å². The summed E-state index contributed by atoms with van der Waals surface area (Å²) in [5.41, 5.74) is 0.687. The van der Waals surface area contributed by atoms with Crippen molar-refractivity contribution < 1.29 is 27.8 Å². The van der Waals surface area contributed by atoms with Crippen LogP contribution in [0.5, 0.6) is 0 Å². The predicted octanol–water partition coefficient (Wildman–Crippen LogP) is 2.52. The lowest BCUT2D eigenvalue weighted by molar-refractivity contribution is -0.147. The Morgan fingerprint density at radius 3 is 2.69 bits per heavy atom. The SMILES string of the molecule is CN(C(=O)CCCn1c(C(F)(F)F)nc2ccccc21)[C@@H]1CC[C@@H](N2CCOCC2)[C@@H]1O. The molecule has 176 valence electrons. The zero-order valence-corrected chi connectivity index (χ0v) is 18.1. The first kappa shape index (κ1) is 23.0. The van der Waals surface area contributed by atoms with E-state index in [9.17, 15) is 23.1 Å². The number of hydrogen-bond donors (Lipinski definition) is 1. The lowest BCUT2D eigenvalue weighted by atomic mass is 10.1. The summed E-state index contributed by atoms with van der Waals surface area (Å²) in [6, 6.07) is 6.20. The first-order valence-corrected chi connectivity index (χ1v) is 11.1. The lowest BCUT2D eigenvalue weighted by Crippen LogP contribution is -2.51. The van der Waals surface area contributed by atoms with Gasteiger partial charge in [0, 0.05) is 39.1 Å². The average Bonchev–Trinajstić information content (AvgIpc) is 3.34. The van der Waals surface area contributed by atoms with Crippen LogP contribution in [0.25, 0.3) is 11.0 Å². The number of nitrogens with zero attached hydrogens (tertiary/aromatic N) is 4. The van der Waals surface area contributed by atoms with Gasteiger partial charge in [-0.25, -0.2) is 4.98 Å². The first-order chi connectivity index (χ1) is 15.3. The smallest absolute Gasteiger partial charge is 0.389 e. The number of imidazole rings is 1. The van der Waals surface area contributed by atoms with Gasteiger partial charge in [-0.3, -0.25) is 9.69 Å². The molecule has 1 aromatic carbocycles. The number of alkyl halides is 3. The Labute approximate surface area is 184 Å². The number of aryl methyl sites for hydroxylation is 1. The number of carbonyl (C=O) groups excluding carboxylic acids is 1. The standard InChI is InChI=1S/C22H29F3N4O3/c1-27(17-8-9-18(20(17)31)28-11-13-32-14-12-28)19(30)7-4-10-29-16-6-3-2-5-15(16)26-21(29)22(23,24)25/h2-3,5-6,17-18,20,31H,4,7-14H2,1H3/t17-,18-,20-/m1/s1. The van der Waals surface area contributed by atoms with E-state index >= 15 is 0 Å². The molecule has 0 unspecified atom stereocenters. The Balaban J connectivity index is 1.36. The molecule has 32 heavy (non-hydrogen) atoms. The first-order valence-electron chi connectivity index (χ1n) is 11.1. The molecule has 1 amide bonds. The van der Waals surface area contributed by atoms with Crippen LogP contribution >= 0.6 is 0 Å². The summed E-state index contributed by atoms with van der Waals surface area (Å²) >= 11 is 0. The molecule has 0 radical (unpaired) electrons. The lowest BCUT2D eigenvalue weighted by Gasteiger charge is -2.36. The van der Waals surface area contributed by atoms with Crippen molar-refractivity contribution in [3.63, 3.8) is 0 Å². The van der Waals surface area contributed by atoms with Gasteiger partial charge in [-0.2, -0.15) is 13.2 Å². The topological polar surface area (TPSA) is 70.8 Å². The van der Waals surface area contributed by atoms with Crippen molar-refractivity contribution in [1.29, 1.82) is 0 Å². The molecule has 1 aliphatic carbocycles. The Hall–Kier alpha value is -2.17. The Morgan fingerprint density at radius 1 is 1.25 bits per heavy atom. The van der Waals surface area contributed by atoms with Gasteiger partial charge in [0.15, 0.2) is 0 Å². The van der Waals surface area contributed by atoms with Gasteiger partial charge in [-0.1, -0.05) is 12.1 Å². The van der Waals surface area contributed by atoms with Gasteiger partial charge in [-0.05, 0) is 31.4 Å². The molecule has 3 atom stereocenters. The van der Waals surface area contributed by atoms with Crippen molar-refractivity contribution in [1.82, 2.24) is 19.4 Å². The van der Waals surface area contributed by atoms with Crippen molar-refractivity contribution in [3.8, 4) is 0 Å². The molecule has 2 heterocycles. The van der Waals surface area contributed by atoms with Gasteiger partial charge < -0.3 is 19.3 Å². The van der Waals surface area contributed by atoms with E-state index in [4.69, 9.17) is 4.74 Å². The highest BCUT2D eigenvalue weighted by molar-refractivity contribution is 5.77. The van der Waals surface area contributed by atoms with Gasteiger partial charge in [0.2, 0.25) is 11.7 Å². The molecular formula is C22H29F3N4O3. The number of aromatic nitrogens is 2. The van der Waals surface area contributed by atoms with Crippen molar-refractivity contribution in [3.05, 3.63) is 30.1 Å². The van der Waals surface area contributed by atoms with E-state index in [1.807, 2.05) is 0 Å². The molecule has 1 saturated carbocycles. The molecule has 10 heteroatoms. The van der Waals surface area contributed by atoms with Crippen LogP contribution in [0, 0.1) is 0 Å². The summed E-state index contributed by atoms with van der Waals surface area (Å²) in [4.78, 5) is 20.3. The number of halogens is 3. The number of hydrogen-bond acceptors (Lipinski definition) is 5. The van der Waals surface area contributed by atoms with Crippen molar-refractivity contribution in [2.45, 2.75) is 56.6 Å². The maximum absolute atomic E-state index is 13.4. The van der Waals surface area contributed by atoms with E-state index in [0.717, 1.165) is 24.1 Å². The Kier molecular flexibility index (Phi) is 6.73. The van der Waals surface area contributed by atoms with Crippen LogP contribution in [0.4, 0.5) is 13.2 Å². The molecule has 1 aromatic heterocycles. The number of para-hydroxylation sites is 2. The van der Waals surface area contributed by atoms with Crippen LogP contribution in [0.3, 0.4) is 0 Å².